The molecule has 1 saturated heterocycles. The first-order valence-electron chi connectivity index (χ1n) is 6.17. The van der Waals surface area contributed by atoms with Crippen LogP contribution in [-0.2, 0) is 14.3 Å². The van der Waals surface area contributed by atoms with E-state index in [1.54, 1.807) is 12.1 Å². The number of ether oxygens (including phenoxy) is 2. The Morgan fingerprint density at radius 2 is 2.11 bits per heavy atom. The molecule has 1 fully saturated rings. The van der Waals surface area contributed by atoms with Gasteiger partial charge in [0, 0.05) is 12.8 Å². The Bertz CT molecular complexity index is 456. The van der Waals surface area contributed by atoms with Gasteiger partial charge < -0.3 is 14.6 Å². The predicted octanol–water partition coefficient (Wildman–Crippen LogP) is 1.52. The van der Waals surface area contributed by atoms with Crippen LogP contribution < -0.4 is 4.74 Å². The Kier molecular flexibility index (Phi) is 4.16. The van der Waals surface area contributed by atoms with Gasteiger partial charge in [-0.15, -0.1) is 0 Å². The molecule has 0 aliphatic carbocycles. The van der Waals surface area contributed by atoms with Crippen molar-refractivity contribution in [2.75, 3.05) is 19.8 Å². The summed E-state index contributed by atoms with van der Waals surface area (Å²) in [4.78, 5) is 23.3. The second-order valence-electron chi connectivity index (χ2n) is 4.52. The highest BCUT2D eigenvalue weighted by Gasteiger charge is 2.47. The topological polar surface area (TPSA) is 72.8 Å². The number of hydrogen-bond donors (Lipinski definition) is 1. The SMILES string of the molecule is O=C(O)C1(CCOc2ccccc2)COCCC1=O. The average molecular weight is 264 g/mol. The minimum Gasteiger partial charge on any atom is -0.494 e. The highest BCUT2D eigenvalue weighted by Crippen LogP contribution is 2.30. The Morgan fingerprint density at radius 1 is 1.37 bits per heavy atom. The van der Waals surface area contributed by atoms with Gasteiger partial charge in [-0.05, 0) is 12.1 Å². The van der Waals surface area contributed by atoms with E-state index in [0.717, 1.165) is 0 Å². The smallest absolute Gasteiger partial charge is 0.319 e. The van der Waals surface area contributed by atoms with Gasteiger partial charge in [-0.3, -0.25) is 9.59 Å². The van der Waals surface area contributed by atoms with Crippen molar-refractivity contribution < 1.29 is 24.2 Å². The van der Waals surface area contributed by atoms with Crippen molar-refractivity contribution in [2.45, 2.75) is 12.8 Å². The minimum absolute atomic E-state index is 0.0701. The van der Waals surface area contributed by atoms with Crippen LogP contribution >= 0.6 is 0 Å². The van der Waals surface area contributed by atoms with Crippen LogP contribution in [0.15, 0.2) is 30.3 Å². The maximum absolute atomic E-state index is 11.9. The molecule has 1 aliphatic heterocycles. The van der Waals surface area contributed by atoms with Crippen molar-refractivity contribution in [3.8, 4) is 5.75 Å². The summed E-state index contributed by atoms with van der Waals surface area (Å²) in [5.41, 5.74) is -1.45. The van der Waals surface area contributed by atoms with Crippen LogP contribution in [0.3, 0.4) is 0 Å². The van der Waals surface area contributed by atoms with E-state index >= 15 is 0 Å². The molecule has 1 heterocycles. The largest absolute Gasteiger partial charge is 0.494 e. The second-order valence-corrected chi connectivity index (χ2v) is 4.52. The lowest BCUT2D eigenvalue weighted by atomic mass is 9.78. The number of benzene rings is 1. The first kappa shape index (κ1) is 13.5. The molecule has 0 saturated carbocycles. The number of para-hydroxylation sites is 1. The van der Waals surface area contributed by atoms with E-state index in [-0.39, 0.29) is 31.8 Å². The Hall–Kier alpha value is -1.88. The molecule has 0 aromatic heterocycles. The normalized spacial score (nSPS) is 23.1. The van der Waals surface area contributed by atoms with Crippen LogP contribution in [0.5, 0.6) is 5.75 Å². The Morgan fingerprint density at radius 3 is 2.74 bits per heavy atom. The van der Waals surface area contributed by atoms with Crippen molar-refractivity contribution in [2.24, 2.45) is 5.41 Å². The number of aliphatic carboxylic acids is 1. The Labute approximate surface area is 111 Å². The number of carbonyl (C=O) groups excluding carboxylic acids is 1. The van der Waals surface area contributed by atoms with Crippen LogP contribution in [0.1, 0.15) is 12.8 Å². The van der Waals surface area contributed by atoms with Crippen molar-refractivity contribution in [1.82, 2.24) is 0 Å². The summed E-state index contributed by atoms with van der Waals surface area (Å²) in [6.45, 7) is 0.401. The number of carboxylic acids is 1. The highest BCUT2D eigenvalue weighted by molar-refractivity contribution is 6.03. The van der Waals surface area contributed by atoms with Gasteiger partial charge >= 0.3 is 5.97 Å². The molecule has 0 bridgehead atoms. The number of hydrogen-bond acceptors (Lipinski definition) is 4. The lowest BCUT2D eigenvalue weighted by Gasteiger charge is -2.31. The fourth-order valence-electron chi connectivity index (χ4n) is 2.09. The van der Waals surface area contributed by atoms with E-state index in [2.05, 4.69) is 0 Å². The predicted molar refractivity (Wildman–Crippen MR) is 67.1 cm³/mol. The van der Waals surface area contributed by atoms with E-state index in [0.29, 0.717) is 12.4 Å². The van der Waals surface area contributed by atoms with E-state index in [1.807, 2.05) is 18.2 Å². The fraction of sp³-hybridized carbons (Fsp3) is 0.429. The highest BCUT2D eigenvalue weighted by atomic mass is 16.5. The molecule has 5 heteroatoms. The van der Waals surface area contributed by atoms with Gasteiger partial charge in [0.25, 0.3) is 0 Å². The summed E-state index contributed by atoms with van der Waals surface area (Å²) < 4.78 is 10.6. The number of rotatable bonds is 5. The van der Waals surface area contributed by atoms with Crippen molar-refractivity contribution >= 4 is 11.8 Å². The van der Waals surface area contributed by atoms with Gasteiger partial charge in [0.2, 0.25) is 0 Å². The fourth-order valence-corrected chi connectivity index (χ4v) is 2.09. The summed E-state index contributed by atoms with van der Waals surface area (Å²) in [7, 11) is 0. The van der Waals surface area contributed by atoms with Crippen LogP contribution in [0, 0.1) is 5.41 Å². The molecule has 1 unspecified atom stereocenters. The first-order chi connectivity index (χ1) is 9.15. The first-order valence-corrected chi connectivity index (χ1v) is 6.17. The van der Waals surface area contributed by atoms with E-state index in [4.69, 9.17) is 9.47 Å². The third-order valence-electron chi connectivity index (χ3n) is 3.31. The molecular formula is C14H16O5. The maximum atomic E-state index is 11.9. The van der Waals surface area contributed by atoms with Gasteiger partial charge in [-0.2, -0.15) is 0 Å². The quantitative estimate of drug-likeness (QED) is 0.816. The van der Waals surface area contributed by atoms with Gasteiger partial charge in [0.1, 0.15) is 5.75 Å². The maximum Gasteiger partial charge on any atom is 0.319 e. The number of Topliss-reactive ketones (excluding diaryl/α,β-unsaturated/α-hetero) is 1. The molecule has 1 aliphatic rings. The van der Waals surface area contributed by atoms with Gasteiger partial charge in [-0.25, -0.2) is 0 Å². The summed E-state index contributed by atoms with van der Waals surface area (Å²) in [5.74, 6) is -0.746. The van der Waals surface area contributed by atoms with Crippen molar-refractivity contribution in [3.63, 3.8) is 0 Å². The zero-order chi connectivity index (χ0) is 13.7. The lowest BCUT2D eigenvalue weighted by Crippen LogP contribution is -2.48. The van der Waals surface area contributed by atoms with E-state index in [9.17, 15) is 14.7 Å². The van der Waals surface area contributed by atoms with E-state index < -0.39 is 11.4 Å². The number of ketones is 1. The standard InChI is InChI=1S/C14H16O5/c15-12-6-8-18-10-14(12,13(16)17)7-9-19-11-4-2-1-3-5-11/h1-5H,6-10H2,(H,16,17). The molecule has 0 spiro atoms. The molecule has 19 heavy (non-hydrogen) atoms. The van der Waals surface area contributed by atoms with Gasteiger partial charge in [-0.1, -0.05) is 18.2 Å². The van der Waals surface area contributed by atoms with Crippen molar-refractivity contribution in [1.29, 1.82) is 0 Å². The number of carboxylic acid groups (broad SMARTS) is 1. The van der Waals surface area contributed by atoms with Crippen LogP contribution in [0.4, 0.5) is 0 Å². The third kappa shape index (κ3) is 2.93. The van der Waals surface area contributed by atoms with Gasteiger partial charge in [0.05, 0.1) is 19.8 Å². The summed E-state index contributed by atoms with van der Waals surface area (Å²) in [6.07, 6.45) is 0.272. The molecule has 5 nitrogen and oxygen atoms in total. The van der Waals surface area contributed by atoms with Crippen LogP contribution in [-0.4, -0.2) is 36.7 Å². The van der Waals surface area contributed by atoms with Gasteiger partial charge in [0.15, 0.2) is 11.2 Å². The molecule has 1 N–H and O–H groups in total. The molecule has 1 aromatic rings. The molecule has 2 rings (SSSR count). The van der Waals surface area contributed by atoms with E-state index in [1.165, 1.54) is 0 Å². The monoisotopic (exact) mass is 264 g/mol. The summed E-state index contributed by atoms with van der Waals surface area (Å²) in [6, 6.07) is 9.09. The molecule has 1 atom stereocenters. The van der Waals surface area contributed by atoms with Crippen molar-refractivity contribution in [3.05, 3.63) is 30.3 Å². The average Bonchev–Trinajstić information content (AvgIpc) is 2.42. The zero-order valence-corrected chi connectivity index (χ0v) is 10.5. The molecule has 0 amide bonds. The zero-order valence-electron chi connectivity index (χ0n) is 10.5. The lowest BCUT2D eigenvalue weighted by molar-refractivity contribution is -0.165. The molecule has 102 valence electrons. The second kappa shape index (κ2) is 5.84. The summed E-state index contributed by atoms with van der Waals surface area (Å²) in [5, 5.41) is 9.30. The summed E-state index contributed by atoms with van der Waals surface area (Å²) >= 11 is 0. The molecule has 0 radical (unpaired) electrons. The number of carbonyl (C=O) groups is 2. The Balaban J connectivity index is 1.98. The third-order valence-corrected chi connectivity index (χ3v) is 3.31. The molecular weight excluding hydrogens is 248 g/mol. The van der Waals surface area contributed by atoms with Crippen LogP contribution in [0.25, 0.3) is 0 Å². The molecule has 1 aromatic carbocycles. The van der Waals surface area contributed by atoms with Crippen LogP contribution in [0.2, 0.25) is 0 Å². The minimum atomic E-state index is -1.45.